The van der Waals surface area contributed by atoms with Gasteiger partial charge in [-0.05, 0) is 26.8 Å². The van der Waals surface area contributed by atoms with E-state index in [1.807, 2.05) is 0 Å². The summed E-state index contributed by atoms with van der Waals surface area (Å²) in [6.07, 6.45) is 1.18. The lowest BCUT2D eigenvalue weighted by atomic mass is 10.2. The molecule has 0 saturated carbocycles. The zero-order valence-electron chi connectivity index (χ0n) is 10.6. The van der Waals surface area contributed by atoms with E-state index in [1.54, 1.807) is 44.8 Å². The number of carbonyl (C=O) groups is 1. The van der Waals surface area contributed by atoms with E-state index in [4.69, 9.17) is 4.74 Å². The molecule has 6 nitrogen and oxygen atoms in total. The van der Waals surface area contributed by atoms with E-state index in [9.17, 15) is 9.90 Å². The van der Waals surface area contributed by atoms with Crippen LogP contribution in [0, 0.1) is 0 Å². The summed E-state index contributed by atoms with van der Waals surface area (Å²) < 4.78 is 6.71. The molecule has 1 atom stereocenters. The predicted molar refractivity (Wildman–Crippen MR) is 62.4 cm³/mol. The van der Waals surface area contributed by atoms with Gasteiger partial charge in [0.05, 0.1) is 18.3 Å². The zero-order chi connectivity index (χ0) is 13.1. The molecule has 6 heteroatoms. The van der Waals surface area contributed by atoms with E-state index in [0.717, 1.165) is 0 Å². The van der Waals surface area contributed by atoms with Crippen molar-refractivity contribution in [3.8, 4) is 0 Å². The molecule has 1 aromatic rings. The molecule has 1 rings (SSSR count). The third-order valence-corrected chi connectivity index (χ3v) is 1.96. The van der Waals surface area contributed by atoms with Crippen molar-refractivity contribution in [2.45, 2.75) is 32.4 Å². The summed E-state index contributed by atoms with van der Waals surface area (Å²) in [7, 11) is 1.77. The molecule has 96 valence electrons. The van der Waals surface area contributed by atoms with Crippen molar-refractivity contribution in [3.63, 3.8) is 0 Å². The van der Waals surface area contributed by atoms with E-state index in [1.165, 1.54) is 0 Å². The van der Waals surface area contributed by atoms with Gasteiger partial charge in [0.15, 0.2) is 0 Å². The quantitative estimate of drug-likeness (QED) is 0.827. The third-order valence-electron chi connectivity index (χ3n) is 1.96. The molecule has 0 spiro atoms. The fourth-order valence-electron chi connectivity index (χ4n) is 1.28. The summed E-state index contributed by atoms with van der Waals surface area (Å²) in [5, 5.41) is 15.9. The zero-order valence-corrected chi connectivity index (χ0v) is 10.6. The van der Waals surface area contributed by atoms with Gasteiger partial charge in [-0.3, -0.25) is 4.68 Å². The number of nitrogens with one attached hydrogen (secondary N) is 1. The number of hydrogen-bond acceptors (Lipinski definition) is 4. The second-order valence-electron chi connectivity index (χ2n) is 4.80. The highest BCUT2D eigenvalue weighted by atomic mass is 16.6. The van der Waals surface area contributed by atoms with Crippen molar-refractivity contribution in [2.75, 3.05) is 6.61 Å². The minimum atomic E-state index is -0.567. The Morgan fingerprint density at radius 1 is 1.65 bits per heavy atom. The summed E-state index contributed by atoms with van der Waals surface area (Å²) >= 11 is 0. The first-order chi connectivity index (χ1) is 7.81. The Labute approximate surface area is 101 Å². The molecule has 1 aromatic heterocycles. The van der Waals surface area contributed by atoms with E-state index < -0.39 is 17.7 Å². The van der Waals surface area contributed by atoms with Crippen LogP contribution in [0.1, 0.15) is 32.5 Å². The number of aliphatic hydroxyl groups is 1. The van der Waals surface area contributed by atoms with Gasteiger partial charge in [-0.1, -0.05) is 0 Å². The molecule has 1 heterocycles. The second kappa shape index (κ2) is 5.18. The SMILES string of the molecule is Cn1ccc(C(CO)NC(=O)OC(C)(C)C)n1. The highest BCUT2D eigenvalue weighted by molar-refractivity contribution is 5.68. The molecule has 17 heavy (non-hydrogen) atoms. The number of aliphatic hydroxyl groups excluding tert-OH is 1. The van der Waals surface area contributed by atoms with E-state index in [-0.39, 0.29) is 6.61 Å². The van der Waals surface area contributed by atoms with E-state index >= 15 is 0 Å². The molecule has 0 bridgehead atoms. The van der Waals surface area contributed by atoms with Crippen LogP contribution in [0.15, 0.2) is 12.3 Å². The van der Waals surface area contributed by atoms with Crippen molar-refractivity contribution >= 4 is 6.09 Å². The lowest BCUT2D eigenvalue weighted by molar-refractivity contribution is 0.0480. The fraction of sp³-hybridized carbons (Fsp3) is 0.636. The molecule has 1 amide bonds. The molecule has 0 aromatic carbocycles. The van der Waals surface area contributed by atoms with Gasteiger partial charge in [-0.2, -0.15) is 5.10 Å². The first-order valence-corrected chi connectivity index (χ1v) is 5.42. The van der Waals surface area contributed by atoms with Gasteiger partial charge in [-0.15, -0.1) is 0 Å². The molecule has 0 aliphatic rings. The van der Waals surface area contributed by atoms with Gasteiger partial charge in [0.2, 0.25) is 0 Å². The topological polar surface area (TPSA) is 76.4 Å². The van der Waals surface area contributed by atoms with E-state index in [2.05, 4.69) is 10.4 Å². The third kappa shape index (κ3) is 4.44. The lowest BCUT2D eigenvalue weighted by Gasteiger charge is -2.22. The first kappa shape index (κ1) is 13.5. The average molecular weight is 241 g/mol. The summed E-state index contributed by atoms with van der Waals surface area (Å²) in [6, 6.07) is 1.18. The number of carbonyl (C=O) groups excluding carboxylic acids is 1. The number of amides is 1. The van der Waals surface area contributed by atoms with Crippen molar-refractivity contribution in [1.82, 2.24) is 15.1 Å². The van der Waals surface area contributed by atoms with Crippen LogP contribution in [0.2, 0.25) is 0 Å². The van der Waals surface area contributed by atoms with Crippen molar-refractivity contribution in [2.24, 2.45) is 7.05 Å². The maximum atomic E-state index is 11.5. The minimum absolute atomic E-state index is 0.226. The molecule has 0 aliphatic heterocycles. The average Bonchev–Trinajstić information content (AvgIpc) is 2.58. The van der Waals surface area contributed by atoms with Crippen LogP contribution in [0.4, 0.5) is 4.79 Å². The second-order valence-corrected chi connectivity index (χ2v) is 4.80. The van der Waals surface area contributed by atoms with Crippen molar-refractivity contribution < 1.29 is 14.6 Å². The van der Waals surface area contributed by atoms with Crippen molar-refractivity contribution in [1.29, 1.82) is 0 Å². The summed E-state index contributed by atoms with van der Waals surface area (Å²) in [5.41, 5.74) is 0.0367. The molecule has 0 saturated heterocycles. The largest absolute Gasteiger partial charge is 0.444 e. The Hall–Kier alpha value is -1.56. The Kier molecular flexibility index (Phi) is 4.11. The number of aromatic nitrogens is 2. The molecular weight excluding hydrogens is 222 g/mol. The van der Waals surface area contributed by atoms with Gasteiger partial charge in [-0.25, -0.2) is 4.79 Å². The normalized spacial score (nSPS) is 13.2. The monoisotopic (exact) mass is 241 g/mol. The fourth-order valence-corrected chi connectivity index (χ4v) is 1.28. The highest BCUT2D eigenvalue weighted by Crippen LogP contribution is 2.12. The molecule has 1 unspecified atom stereocenters. The van der Waals surface area contributed by atoms with Crippen LogP contribution < -0.4 is 5.32 Å². The molecular formula is C11H19N3O3. The van der Waals surface area contributed by atoms with Crippen LogP contribution in [0.25, 0.3) is 0 Å². The van der Waals surface area contributed by atoms with Crippen LogP contribution in [-0.4, -0.2) is 33.2 Å². The standard InChI is InChI=1S/C11H19N3O3/c1-11(2,3)17-10(16)12-9(7-15)8-5-6-14(4)13-8/h5-6,9,15H,7H2,1-4H3,(H,12,16). The number of nitrogens with zero attached hydrogens (tertiary/aromatic N) is 2. The van der Waals surface area contributed by atoms with Gasteiger partial charge in [0, 0.05) is 13.2 Å². The summed E-state index contributed by atoms with van der Waals surface area (Å²) in [4.78, 5) is 11.5. The molecule has 0 aliphatic carbocycles. The number of hydrogen-bond donors (Lipinski definition) is 2. The Morgan fingerprint density at radius 3 is 2.71 bits per heavy atom. The van der Waals surface area contributed by atoms with Gasteiger partial charge in [0.25, 0.3) is 0 Å². The maximum Gasteiger partial charge on any atom is 0.408 e. The number of ether oxygens (including phenoxy) is 1. The Balaban J connectivity index is 2.62. The van der Waals surface area contributed by atoms with Crippen LogP contribution in [0.5, 0.6) is 0 Å². The lowest BCUT2D eigenvalue weighted by Crippen LogP contribution is -2.36. The summed E-state index contributed by atoms with van der Waals surface area (Å²) in [5.74, 6) is 0. The van der Waals surface area contributed by atoms with E-state index in [0.29, 0.717) is 5.69 Å². The molecule has 0 fully saturated rings. The van der Waals surface area contributed by atoms with Gasteiger partial charge in [0.1, 0.15) is 5.60 Å². The summed E-state index contributed by atoms with van der Waals surface area (Å²) in [6.45, 7) is 5.11. The Morgan fingerprint density at radius 2 is 2.29 bits per heavy atom. The smallest absolute Gasteiger partial charge is 0.408 e. The number of rotatable bonds is 3. The van der Waals surface area contributed by atoms with Crippen LogP contribution >= 0.6 is 0 Å². The minimum Gasteiger partial charge on any atom is -0.444 e. The Bertz CT molecular complexity index is 382. The van der Waals surface area contributed by atoms with Crippen LogP contribution in [0.3, 0.4) is 0 Å². The highest BCUT2D eigenvalue weighted by Gasteiger charge is 2.21. The van der Waals surface area contributed by atoms with Crippen LogP contribution in [-0.2, 0) is 11.8 Å². The molecule has 2 N–H and O–H groups in total. The number of alkyl carbamates (subject to hydrolysis) is 1. The number of aryl methyl sites for hydroxylation is 1. The molecule has 0 radical (unpaired) electrons. The van der Waals surface area contributed by atoms with Gasteiger partial charge >= 0.3 is 6.09 Å². The first-order valence-electron chi connectivity index (χ1n) is 5.42. The van der Waals surface area contributed by atoms with Gasteiger partial charge < -0.3 is 15.2 Å². The predicted octanol–water partition coefficient (Wildman–Crippen LogP) is 0.978. The maximum absolute atomic E-state index is 11.5. The van der Waals surface area contributed by atoms with Crippen molar-refractivity contribution in [3.05, 3.63) is 18.0 Å².